The first-order valence-electron chi connectivity index (χ1n) is 14.9. The number of likely N-dealkylation sites (N-methyl/N-ethyl adjacent to an activating group) is 1. The molecule has 11 heteroatoms. The second-order valence-electron chi connectivity index (χ2n) is 11.6. The minimum absolute atomic E-state index is 0.114. The lowest BCUT2D eigenvalue weighted by atomic mass is 9.87. The molecule has 43 heavy (non-hydrogen) atoms. The molecule has 224 valence electrons. The third-order valence-corrected chi connectivity index (χ3v) is 8.91. The SMILES string of the molecule is C=CC(=O)N1CCN(c2nc(OC[C@@H]3C[C@@H](F)CN3C)nc3cc(-c4cncc5c4CCCC5)c(F)cc23)C[C@@H]1CC#N. The molecule has 0 bridgehead atoms. The zero-order valence-electron chi connectivity index (χ0n) is 24.3. The molecule has 3 atom stereocenters. The number of alkyl halides is 1. The molecule has 2 aromatic heterocycles. The van der Waals surface area contributed by atoms with Gasteiger partial charge in [-0.2, -0.15) is 15.2 Å². The molecule has 0 spiro atoms. The number of nitriles is 1. The van der Waals surface area contributed by atoms with E-state index in [4.69, 9.17) is 14.7 Å². The molecule has 2 aliphatic heterocycles. The highest BCUT2D eigenvalue weighted by Crippen LogP contribution is 2.37. The molecule has 1 aliphatic carbocycles. The number of benzene rings is 1. The van der Waals surface area contributed by atoms with Gasteiger partial charge >= 0.3 is 6.01 Å². The van der Waals surface area contributed by atoms with Crippen LogP contribution in [0.25, 0.3) is 22.0 Å². The van der Waals surface area contributed by atoms with Crippen molar-refractivity contribution >= 4 is 22.6 Å². The minimum Gasteiger partial charge on any atom is -0.462 e. The summed E-state index contributed by atoms with van der Waals surface area (Å²) in [4.78, 5) is 31.8. The van der Waals surface area contributed by atoms with E-state index in [0.29, 0.717) is 54.9 Å². The Kier molecular flexibility index (Phi) is 8.21. The molecular formula is C32H35F2N7O2. The Labute approximate surface area is 249 Å². The van der Waals surface area contributed by atoms with Crippen molar-refractivity contribution in [2.24, 2.45) is 0 Å². The standard InChI is InChI=1S/C32H35F2N7O2/c1-3-30(42)41-11-10-40(18-22(41)8-9-35)31-26-13-28(34)25(27-16-36-15-20-6-4-5-7-24(20)27)14-29(26)37-32(38-31)43-19-23-12-21(33)17-39(23)2/h3,13-16,21-23H,1,4-8,10-12,17-19H2,2H3/t21-,22+,23+/m1/s1. The maximum atomic E-state index is 16.0. The maximum absolute atomic E-state index is 16.0. The van der Waals surface area contributed by atoms with Gasteiger partial charge in [0.05, 0.1) is 24.0 Å². The van der Waals surface area contributed by atoms with Crippen molar-refractivity contribution in [3.63, 3.8) is 0 Å². The van der Waals surface area contributed by atoms with Crippen LogP contribution in [0.15, 0.2) is 37.2 Å². The van der Waals surface area contributed by atoms with Crippen molar-refractivity contribution in [1.29, 1.82) is 5.26 Å². The lowest BCUT2D eigenvalue weighted by Gasteiger charge is -2.41. The summed E-state index contributed by atoms with van der Waals surface area (Å²) in [5.74, 6) is -0.170. The third kappa shape index (κ3) is 5.76. The van der Waals surface area contributed by atoms with E-state index >= 15 is 4.39 Å². The highest BCUT2D eigenvalue weighted by atomic mass is 19.1. The number of ether oxygens (including phenoxy) is 1. The third-order valence-electron chi connectivity index (χ3n) is 8.91. The monoisotopic (exact) mass is 587 g/mol. The predicted molar refractivity (Wildman–Crippen MR) is 159 cm³/mol. The maximum Gasteiger partial charge on any atom is 0.319 e. The fourth-order valence-corrected chi connectivity index (χ4v) is 6.63. The number of aromatic nitrogens is 3. The second-order valence-corrected chi connectivity index (χ2v) is 11.6. The van der Waals surface area contributed by atoms with Crippen LogP contribution in [0, 0.1) is 17.1 Å². The van der Waals surface area contributed by atoms with Gasteiger partial charge < -0.3 is 14.5 Å². The van der Waals surface area contributed by atoms with Crippen molar-refractivity contribution in [1.82, 2.24) is 24.8 Å². The van der Waals surface area contributed by atoms with Crippen LogP contribution < -0.4 is 9.64 Å². The Hall–Kier alpha value is -4.17. The van der Waals surface area contributed by atoms with Crippen LogP contribution >= 0.6 is 0 Å². The molecule has 0 saturated carbocycles. The summed E-state index contributed by atoms with van der Waals surface area (Å²) in [7, 11) is 1.86. The van der Waals surface area contributed by atoms with E-state index in [1.54, 1.807) is 17.2 Å². The Morgan fingerprint density at radius 2 is 2.00 bits per heavy atom. The fraction of sp³-hybridized carbons (Fsp3) is 0.469. The molecule has 0 radical (unpaired) electrons. The Balaban J connectivity index is 1.41. The highest BCUT2D eigenvalue weighted by Gasteiger charge is 2.33. The van der Waals surface area contributed by atoms with E-state index in [1.807, 2.05) is 23.0 Å². The van der Waals surface area contributed by atoms with Crippen LogP contribution in [0.4, 0.5) is 14.6 Å². The Bertz CT molecular complexity index is 1590. The van der Waals surface area contributed by atoms with Gasteiger partial charge in [0, 0.05) is 61.1 Å². The number of anilines is 1. The first-order chi connectivity index (χ1) is 20.9. The van der Waals surface area contributed by atoms with E-state index < -0.39 is 18.0 Å². The van der Waals surface area contributed by atoms with Crippen molar-refractivity contribution in [2.75, 3.05) is 44.7 Å². The molecule has 0 unspecified atom stereocenters. The summed E-state index contributed by atoms with van der Waals surface area (Å²) in [5, 5.41) is 9.98. The van der Waals surface area contributed by atoms with Gasteiger partial charge in [-0.05, 0) is 68.5 Å². The van der Waals surface area contributed by atoms with Gasteiger partial charge in [0.25, 0.3) is 0 Å². The Morgan fingerprint density at radius 3 is 2.77 bits per heavy atom. The number of halogens is 2. The van der Waals surface area contributed by atoms with Crippen molar-refractivity contribution in [3.8, 4) is 23.2 Å². The summed E-state index contributed by atoms with van der Waals surface area (Å²) in [6, 6.07) is 4.98. The Morgan fingerprint density at radius 1 is 1.16 bits per heavy atom. The smallest absolute Gasteiger partial charge is 0.319 e. The average Bonchev–Trinajstić information content (AvgIpc) is 3.35. The van der Waals surface area contributed by atoms with E-state index in [-0.39, 0.29) is 31.0 Å². The number of piperazine rings is 1. The number of nitrogens with zero attached hydrogens (tertiary/aromatic N) is 7. The van der Waals surface area contributed by atoms with Crippen LogP contribution in [-0.2, 0) is 17.6 Å². The first kappa shape index (κ1) is 28.9. The number of carbonyl (C=O) groups excluding carboxylic acids is 1. The summed E-state index contributed by atoms with van der Waals surface area (Å²) in [6.07, 6.45) is 8.37. The quantitative estimate of drug-likeness (QED) is 0.379. The summed E-state index contributed by atoms with van der Waals surface area (Å²) < 4.78 is 36.1. The van der Waals surface area contributed by atoms with E-state index in [9.17, 15) is 14.4 Å². The van der Waals surface area contributed by atoms with E-state index in [1.165, 1.54) is 12.1 Å². The summed E-state index contributed by atoms with van der Waals surface area (Å²) in [5.41, 5.74) is 3.98. The van der Waals surface area contributed by atoms with E-state index in [0.717, 1.165) is 42.4 Å². The molecule has 1 aromatic carbocycles. The zero-order valence-corrected chi connectivity index (χ0v) is 24.3. The van der Waals surface area contributed by atoms with Gasteiger partial charge in [0.15, 0.2) is 0 Å². The predicted octanol–water partition coefficient (Wildman–Crippen LogP) is 4.25. The van der Waals surface area contributed by atoms with Gasteiger partial charge in [-0.25, -0.2) is 8.78 Å². The van der Waals surface area contributed by atoms with E-state index in [2.05, 4.69) is 17.6 Å². The highest BCUT2D eigenvalue weighted by molar-refractivity contribution is 5.94. The molecule has 4 heterocycles. The van der Waals surface area contributed by atoms with Gasteiger partial charge in [0.1, 0.15) is 24.4 Å². The number of rotatable bonds is 7. The number of hydrogen-bond donors (Lipinski definition) is 0. The summed E-state index contributed by atoms with van der Waals surface area (Å²) >= 11 is 0. The molecular weight excluding hydrogens is 552 g/mol. The van der Waals surface area contributed by atoms with Gasteiger partial charge in [-0.3, -0.25) is 14.7 Å². The van der Waals surface area contributed by atoms with Crippen LogP contribution in [0.3, 0.4) is 0 Å². The van der Waals surface area contributed by atoms with Gasteiger partial charge in [-0.15, -0.1) is 0 Å². The number of amides is 1. The zero-order chi connectivity index (χ0) is 30.1. The molecule has 2 fully saturated rings. The number of hydrogen-bond acceptors (Lipinski definition) is 8. The van der Waals surface area contributed by atoms with Gasteiger partial charge in [-0.1, -0.05) is 6.58 Å². The number of likely N-dealkylation sites (tertiary alicyclic amines) is 1. The normalized spacial score (nSPS) is 22.3. The van der Waals surface area contributed by atoms with Crippen molar-refractivity contribution in [3.05, 3.63) is 54.1 Å². The molecule has 1 amide bonds. The largest absolute Gasteiger partial charge is 0.462 e. The second kappa shape index (κ2) is 12.2. The van der Waals surface area contributed by atoms with Crippen LogP contribution in [0.1, 0.15) is 36.8 Å². The number of fused-ring (bicyclic) bond motifs is 2. The van der Waals surface area contributed by atoms with Crippen molar-refractivity contribution < 1.29 is 18.3 Å². The topological polar surface area (TPSA) is 98.5 Å². The molecule has 0 N–H and O–H groups in total. The molecule has 6 rings (SSSR count). The number of carbonyl (C=O) groups is 1. The fourth-order valence-electron chi connectivity index (χ4n) is 6.63. The lowest BCUT2D eigenvalue weighted by Crippen LogP contribution is -2.55. The number of aryl methyl sites for hydroxylation is 1. The number of pyridine rings is 1. The van der Waals surface area contributed by atoms with Crippen LogP contribution in [-0.4, -0.2) is 88.7 Å². The molecule has 9 nitrogen and oxygen atoms in total. The minimum atomic E-state index is -0.908. The van der Waals surface area contributed by atoms with Crippen molar-refractivity contribution in [2.45, 2.75) is 56.8 Å². The molecule has 3 aromatic rings. The average molecular weight is 588 g/mol. The lowest BCUT2D eigenvalue weighted by molar-refractivity contribution is -0.128. The van der Waals surface area contributed by atoms with Gasteiger partial charge in [0.2, 0.25) is 5.91 Å². The molecule has 3 aliphatic rings. The summed E-state index contributed by atoms with van der Waals surface area (Å²) in [6.45, 7) is 5.26. The first-order valence-corrected chi connectivity index (χ1v) is 14.9. The van der Waals surface area contributed by atoms with Crippen LogP contribution in [0.2, 0.25) is 0 Å². The molecule has 2 saturated heterocycles. The van der Waals surface area contributed by atoms with Crippen LogP contribution in [0.5, 0.6) is 6.01 Å².